The van der Waals surface area contributed by atoms with Gasteiger partial charge in [-0.15, -0.1) is 0 Å². The van der Waals surface area contributed by atoms with Gasteiger partial charge in [-0.1, -0.05) is 50.3 Å². The second kappa shape index (κ2) is 11.2. The number of hydrogen-bond acceptors (Lipinski definition) is 5. The number of ether oxygens (including phenoxy) is 1. The molecule has 3 aromatic carbocycles. The summed E-state index contributed by atoms with van der Waals surface area (Å²) in [5.41, 5.74) is 6.86. The predicted molar refractivity (Wildman–Crippen MR) is 171 cm³/mol. The van der Waals surface area contributed by atoms with Crippen molar-refractivity contribution in [3.63, 3.8) is 0 Å². The highest BCUT2D eigenvalue weighted by Crippen LogP contribution is 2.37. The number of hydrogen-bond donors (Lipinski definition) is 0. The third kappa shape index (κ3) is 5.54. The van der Waals surface area contributed by atoms with Gasteiger partial charge in [0.05, 0.1) is 33.1 Å². The average molecular weight is 599 g/mol. The fraction of sp³-hybridized carbons (Fsp3) is 0.333. The molecule has 0 saturated carbocycles. The van der Waals surface area contributed by atoms with Crippen LogP contribution < -0.4 is 0 Å². The van der Waals surface area contributed by atoms with E-state index < -0.39 is 18.1 Å². The summed E-state index contributed by atoms with van der Waals surface area (Å²) >= 11 is 0. The molecule has 0 spiro atoms. The van der Waals surface area contributed by atoms with Crippen LogP contribution >= 0.6 is 0 Å². The Morgan fingerprint density at radius 3 is 2.38 bits per heavy atom. The molecule has 0 aliphatic heterocycles. The third-order valence-corrected chi connectivity index (χ3v) is 11.3. The quantitative estimate of drug-likeness (QED) is 0.130. The molecule has 1 unspecified atom stereocenters. The minimum Gasteiger partial charge on any atom is -0.361 e. The van der Waals surface area contributed by atoms with Crippen LogP contribution in [-0.2, 0) is 21.5 Å². The summed E-state index contributed by atoms with van der Waals surface area (Å²) in [6.45, 7) is 16.0. The summed E-state index contributed by atoms with van der Waals surface area (Å²) in [4.78, 5) is 5.29. The van der Waals surface area contributed by atoms with E-state index in [4.69, 9.17) is 9.72 Å². The van der Waals surface area contributed by atoms with Gasteiger partial charge in [0.15, 0.2) is 0 Å². The van der Waals surface area contributed by atoms with Crippen molar-refractivity contribution in [3.05, 3.63) is 94.4 Å². The molecule has 0 saturated heterocycles. The van der Waals surface area contributed by atoms with Crippen LogP contribution in [0, 0.1) is 32.1 Å². The molecule has 0 aliphatic carbocycles. The van der Waals surface area contributed by atoms with Gasteiger partial charge >= 0.3 is 0 Å². The molecule has 1 atom stereocenters. The van der Waals surface area contributed by atoms with Crippen molar-refractivity contribution in [2.75, 3.05) is 6.61 Å². The molecule has 2 aromatic heterocycles. The molecule has 218 valence electrons. The van der Waals surface area contributed by atoms with Crippen molar-refractivity contribution in [2.45, 2.75) is 70.9 Å². The molecule has 42 heavy (non-hydrogen) atoms. The summed E-state index contributed by atoms with van der Waals surface area (Å²) in [5.74, 6) is 0.639. The lowest BCUT2D eigenvalue weighted by Crippen LogP contribution is -2.22. The standard InChI is InChI=1S/C33H38N4O3SSi/c1-22-8-11-27(12-9-22)41(38,39)37-15-14-28-31(23(2)18-24(3)32(28)37)25(4)33-35-29-13-10-26(20-34)19-30(29)36(33)21-40-16-17-42(5,6)7/h8-15,18-19,25H,16-17,21H2,1-7H3. The third-order valence-electron chi connectivity index (χ3n) is 7.90. The van der Waals surface area contributed by atoms with Gasteiger partial charge in [0.25, 0.3) is 10.0 Å². The van der Waals surface area contributed by atoms with E-state index in [2.05, 4.69) is 50.2 Å². The lowest BCUT2D eigenvalue weighted by Gasteiger charge is -2.20. The van der Waals surface area contributed by atoms with Gasteiger partial charge in [0, 0.05) is 32.2 Å². The molecular weight excluding hydrogens is 561 g/mol. The van der Waals surface area contributed by atoms with E-state index in [1.54, 1.807) is 24.4 Å². The van der Waals surface area contributed by atoms with E-state index >= 15 is 0 Å². The number of aromatic nitrogens is 3. The zero-order valence-electron chi connectivity index (χ0n) is 25.4. The van der Waals surface area contributed by atoms with E-state index in [-0.39, 0.29) is 10.8 Å². The minimum absolute atomic E-state index is 0.176. The smallest absolute Gasteiger partial charge is 0.268 e. The van der Waals surface area contributed by atoms with Crippen molar-refractivity contribution < 1.29 is 13.2 Å². The molecule has 2 heterocycles. The fourth-order valence-corrected chi connectivity index (χ4v) is 7.81. The van der Waals surface area contributed by atoms with Crippen molar-refractivity contribution >= 4 is 40.0 Å². The normalized spacial score (nSPS) is 13.1. The number of nitriles is 1. The Hall–Kier alpha value is -3.71. The topological polar surface area (TPSA) is 89.9 Å². The van der Waals surface area contributed by atoms with Crippen molar-refractivity contribution in [1.29, 1.82) is 5.26 Å². The van der Waals surface area contributed by atoms with Gasteiger partial charge in [-0.05, 0) is 79.9 Å². The second-order valence-electron chi connectivity index (χ2n) is 12.4. The summed E-state index contributed by atoms with van der Waals surface area (Å²) in [6.07, 6.45) is 1.66. The van der Waals surface area contributed by atoms with Crippen LogP contribution in [0.25, 0.3) is 21.9 Å². The van der Waals surface area contributed by atoms with Gasteiger partial charge in [-0.2, -0.15) is 5.26 Å². The molecule has 5 aromatic rings. The molecule has 7 nitrogen and oxygen atoms in total. The highest BCUT2D eigenvalue weighted by Gasteiger charge is 2.26. The maximum Gasteiger partial charge on any atom is 0.268 e. The molecule has 0 fully saturated rings. The van der Waals surface area contributed by atoms with Crippen LogP contribution in [0.15, 0.2) is 65.7 Å². The second-order valence-corrected chi connectivity index (χ2v) is 19.8. The Kier molecular flexibility index (Phi) is 7.92. The predicted octanol–water partition coefficient (Wildman–Crippen LogP) is 7.49. The first-order chi connectivity index (χ1) is 19.8. The molecule has 0 N–H and O–H groups in total. The van der Waals surface area contributed by atoms with E-state index in [9.17, 15) is 13.7 Å². The van der Waals surface area contributed by atoms with Gasteiger partial charge in [0.2, 0.25) is 0 Å². The van der Waals surface area contributed by atoms with Gasteiger partial charge < -0.3 is 9.30 Å². The Balaban J connectivity index is 1.64. The maximum absolute atomic E-state index is 13.8. The first kappa shape index (κ1) is 29.8. The number of rotatable bonds is 9. The number of aryl methyl sites for hydroxylation is 3. The van der Waals surface area contributed by atoms with Crippen LogP contribution in [0.1, 0.15) is 46.5 Å². The molecular formula is C33H38N4O3SSi. The molecule has 9 heteroatoms. The zero-order chi connectivity index (χ0) is 30.4. The van der Waals surface area contributed by atoms with Gasteiger partial charge in [-0.3, -0.25) is 0 Å². The van der Waals surface area contributed by atoms with E-state index in [0.29, 0.717) is 24.4 Å². The summed E-state index contributed by atoms with van der Waals surface area (Å²) < 4.78 is 37.2. The zero-order valence-corrected chi connectivity index (χ0v) is 27.2. The van der Waals surface area contributed by atoms with Gasteiger partial charge in [-0.25, -0.2) is 17.4 Å². The van der Waals surface area contributed by atoms with Crippen LogP contribution in [0.4, 0.5) is 0 Å². The number of fused-ring (bicyclic) bond motifs is 2. The lowest BCUT2D eigenvalue weighted by atomic mass is 9.90. The van der Waals surface area contributed by atoms with E-state index in [0.717, 1.165) is 50.5 Å². The van der Waals surface area contributed by atoms with Crippen LogP contribution in [-0.4, -0.2) is 36.6 Å². The highest BCUT2D eigenvalue weighted by atomic mass is 32.2. The van der Waals surface area contributed by atoms with Gasteiger partial charge in [0.1, 0.15) is 12.6 Å². The number of imidazole rings is 1. The molecule has 5 rings (SSSR count). The van der Waals surface area contributed by atoms with Crippen molar-refractivity contribution in [3.8, 4) is 6.07 Å². The maximum atomic E-state index is 13.8. The molecule has 0 amide bonds. The van der Waals surface area contributed by atoms with Crippen LogP contribution in [0.5, 0.6) is 0 Å². The number of benzene rings is 3. The summed E-state index contributed by atoms with van der Waals surface area (Å²) in [6, 6.07) is 19.7. The van der Waals surface area contributed by atoms with Crippen molar-refractivity contribution in [1.82, 2.24) is 13.5 Å². The minimum atomic E-state index is -3.80. The summed E-state index contributed by atoms with van der Waals surface area (Å²) in [5, 5.41) is 10.5. The SMILES string of the molecule is Cc1ccc(S(=O)(=O)n2ccc3c(C(C)c4nc5ccc(C#N)cc5n4COCC[Si](C)(C)C)c(C)cc(C)c32)cc1. The fourth-order valence-electron chi connectivity index (χ4n) is 5.64. The van der Waals surface area contributed by atoms with E-state index in [1.165, 1.54) is 3.97 Å². The van der Waals surface area contributed by atoms with E-state index in [1.807, 2.05) is 44.2 Å². The summed E-state index contributed by atoms with van der Waals surface area (Å²) in [7, 11) is -5.06. The Bertz CT molecular complexity index is 1940. The van der Waals surface area contributed by atoms with Crippen LogP contribution in [0.3, 0.4) is 0 Å². The molecule has 0 radical (unpaired) electrons. The molecule has 0 aliphatic rings. The monoisotopic (exact) mass is 598 g/mol. The highest BCUT2D eigenvalue weighted by molar-refractivity contribution is 7.90. The Labute approximate surface area is 249 Å². The largest absolute Gasteiger partial charge is 0.361 e. The molecule has 0 bridgehead atoms. The Morgan fingerprint density at radius 1 is 1.00 bits per heavy atom. The van der Waals surface area contributed by atoms with Crippen molar-refractivity contribution in [2.24, 2.45) is 0 Å². The lowest BCUT2D eigenvalue weighted by molar-refractivity contribution is 0.0876. The van der Waals surface area contributed by atoms with Crippen LogP contribution in [0.2, 0.25) is 25.7 Å². The Morgan fingerprint density at radius 2 is 1.71 bits per heavy atom. The average Bonchev–Trinajstić information content (AvgIpc) is 3.53. The first-order valence-corrected chi connectivity index (χ1v) is 19.4. The first-order valence-electron chi connectivity index (χ1n) is 14.2. The number of nitrogens with zero attached hydrogens (tertiary/aromatic N) is 4.